The Morgan fingerprint density at radius 2 is 1.50 bits per heavy atom. The van der Waals surface area contributed by atoms with Gasteiger partial charge >= 0.3 is 0 Å². The van der Waals surface area contributed by atoms with Crippen molar-refractivity contribution in [2.75, 3.05) is 17.2 Å². The summed E-state index contributed by atoms with van der Waals surface area (Å²) in [5, 5.41) is 5.69. The van der Waals surface area contributed by atoms with Gasteiger partial charge in [0.25, 0.3) is 0 Å². The average molecular weight is 384 g/mol. The minimum atomic E-state index is -0.382. The van der Waals surface area contributed by atoms with Gasteiger partial charge < -0.3 is 15.4 Å². The second-order valence-corrected chi connectivity index (χ2v) is 6.99. The average Bonchev–Trinajstić information content (AvgIpc) is 2.70. The molecule has 0 unspecified atom stereocenters. The number of carbonyl (C=O) groups excluding carboxylic acids is 2. The zero-order chi connectivity index (χ0) is 19.9. The molecule has 1 fully saturated rings. The van der Waals surface area contributed by atoms with Crippen molar-refractivity contribution in [1.29, 1.82) is 0 Å². The normalized spacial score (nSPS) is 18.9. The Morgan fingerprint density at radius 1 is 0.929 bits per heavy atom. The lowest BCUT2D eigenvalue weighted by Crippen LogP contribution is -2.32. The van der Waals surface area contributed by atoms with Gasteiger partial charge in [-0.05, 0) is 75.1 Å². The Morgan fingerprint density at radius 3 is 2.04 bits per heavy atom. The van der Waals surface area contributed by atoms with Crippen molar-refractivity contribution in [3.8, 4) is 5.75 Å². The van der Waals surface area contributed by atoms with Crippen LogP contribution in [0.15, 0.2) is 48.5 Å². The van der Waals surface area contributed by atoms with Gasteiger partial charge in [-0.2, -0.15) is 0 Å². The second-order valence-electron chi connectivity index (χ2n) is 6.99. The molecular weight excluding hydrogens is 359 g/mol. The monoisotopic (exact) mass is 384 g/mol. The summed E-state index contributed by atoms with van der Waals surface area (Å²) in [7, 11) is 0. The van der Waals surface area contributed by atoms with Crippen molar-refractivity contribution < 1.29 is 18.7 Å². The van der Waals surface area contributed by atoms with Crippen LogP contribution in [0, 0.1) is 17.7 Å². The number of amides is 2. The zero-order valence-corrected chi connectivity index (χ0v) is 15.9. The van der Waals surface area contributed by atoms with E-state index in [4.69, 9.17) is 4.74 Å². The van der Waals surface area contributed by atoms with Crippen LogP contribution in [0.25, 0.3) is 0 Å². The molecule has 28 heavy (non-hydrogen) atoms. The van der Waals surface area contributed by atoms with E-state index >= 15 is 0 Å². The number of hydrogen-bond acceptors (Lipinski definition) is 3. The highest BCUT2D eigenvalue weighted by Gasteiger charge is 2.30. The van der Waals surface area contributed by atoms with Crippen LogP contribution >= 0.6 is 0 Å². The summed E-state index contributed by atoms with van der Waals surface area (Å²) in [5.74, 6) is -0.00973. The fraction of sp³-hybridized carbons (Fsp3) is 0.364. The quantitative estimate of drug-likeness (QED) is 0.764. The largest absolute Gasteiger partial charge is 0.494 e. The predicted octanol–water partition coefficient (Wildman–Crippen LogP) is 4.61. The summed E-state index contributed by atoms with van der Waals surface area (Å²) in [4.78, 5) is 24.9. The number of halogens is 1. The molecule has 2 amide bonds. The van der Waals surface area contributed by atoms with Crippen molar-refractivity contribution in [3.05, 3.63) is 54.3 Å². The van der Waals surface area contributed by atoms with E-state index in [1.165, 1.54) is 12.1 Å². The molecule has 1 aliphatic carbocycles. The van der Waals surface area contributed by atoms with E-state index in [9.17, 15) is 14.0 Å². The number of rotatable bonds is 6. The van der Waals surface area contributed by atoms with E-state index in [0.717, 1.165) is 11.4 Å². The summed E-state index contributed by atoms with van der Waals surface area (Å²) in [6.45, 7) is 2.52. The molecule has 6 heteroatoms. The van der Waals surface area contributed by atoms with Crippen LogP contribution in [-0.2, 0) is 9.59 Å². The number of ether oxygens (including phenoxy) is 1. The highest BCUT2D eigenvalue weighted by Crippen LogP contribution is 2.31. The lowest BCUT2D eigenvalue weighted by Gasteiger charge is -2.27. The van der Waals surface area contributed by atoms with Crippen molar-refractivity contribution in [2.45, 2.75) is 32.6 Å². The number of nitrogens with one attached hydrogen (secondary N) is 2. The van der Waals surface area contributed by atoms with Gasteiger partial charge in [0.2, 0.25) is 11.8 Å². The third-order valence-electron chi connectivity index (χ3n) is 4.99. The molecule has 1 saturated carbocycles. The van der Waals surface area contributed by atoms with Crippen molar-refractivity contribution in [1.82, 2.24) is 0 Å². The minimum Gasteiger partial charge on any atom is -0.494 e. The maximum absolute atomic E-state index is 13.2. The number of hydrogen-bond donors (Lipinski definition) is 2. The fourth-order valence-electron chi connectivity index (χ4n) is 3.47. The Balaban J connectivity index is 1.47. The van der Waals surface area contributed by atoms with Crippen LogP contribution in [0.4, 0.5) is 15.8 Å². The molecule has 0 spiro atoms. The van der Waals surface area contributed by atoms with Gasteiger partial charge in [0, 0.05) is 23.2 Å². The standard InChI is InChI=1S/C22H25FN2O3/c1-2-28-20-12-10-18(11-13-20)24-21(26)15-6-8-16(9-7-15)22(27)25-19-5-3-4-17(23)14-19/h3-5,10-16H,2,6-9H2,1H3,(H,24,26)(H,25,27). The third kappa shape index (κ3) is 5.31. The first-order chi connectivity index (χ1) is 13.5. The molecular formula is C22H25FN2O3. The van der Waals surface area contributed by atoms with Gasteiger partial charge in [-0.3, -0.25) is 9.59 Å². The zero-order valence-electron chi connectivity index (χ0n) is 15.9. The summed E-state index contributed by atoms with van der Waals surface area (Å²) in [6.07, 6.45) is 2.60. The summed E-state index contributed by atoms with van der Waals surface area (Å²) in [6, 6.07) is 13.2. The minimum absolute atomic E-state index is 0.0202. The molecule has 0 bridgehead atoms. The van der Waals surface area contributed by atoms with Gasteiger partial charge in [-0.25, -0.2) is 4.39 Å². The van der Waals surface area contributed by atoms with Gasteiger partial charge in [-0.1, -0.05) is 6.07 Å². The number of carbonyl (C=O) groups is 2. The SMILES string of the molecule is CCOc1ccc(NC(=O)C2CCC(C(=O)Nc3cccc(F)c3)CC2)cc1. The third-order valence-corrected chi connectivity index (χ3v) is 4.99. The van der Waals surface area contributed by atoms with Crippen LogP contribution in [0.2, 0.25) is 0 Å². The number of benzene rings is 2. The molecule has 2 N–H and O–H groups in total. The van der Waals surface area contributed by atoms with Crippen LogP contribution in [-0.4, -0.2) is 18.4 Å². The topological polar surface area (TPSA) is 67.4 Å². The first-order valence-electron chi connectivity index (χ1n) is 9.65. The van der Waals surface area contributed by atoms with Gasteiger partial charge in [0.05, 0.1) is 6.61 Å². The van der Waals surface area contributed by atoms with Gasteiger partial charge in [-0.15, -0.1) is 0 Å². The van der Waals surface area contributed by atoms with E-state index in [2.05, 4.69) is 10.6 Å². The summed E-state index contributed by atoms with van der Waals surface area (Å²) >= 11 is 0. The lowest BCUT2D eigenvalue weighted by molar-refractivity contribution is -0.125. The fourth-order valence-corrected chi connectivity index (χ4v) is 3.47. The molecule has 0 aromatic heterocycles. The lowest BCUT2D eigenvalue weighted by atomic mass is 9.81. The maximum Gasteiger partial charge on any atom is 0.227 e. The van der Waals surface area contributed by atoms with Crippen molar-refractivity contribution in [2.24, 2.45) is 11.8 Å². The van der Waals surface area contributed by atoms with Crippen LogP contribution in [0.5, 0.6) is 5.75 Å². The summed E-state index contributed by atoms with van der Waals surface area (Å²) in [5.41, 5.74) is 1.19. The van der Waals surface area contributed by atoms with E-state index in [1.54, 1.807) is 12.1 Å². The summed E-state index contributed by atoms with van der Waals surface area (Å²) < 4.78 is 18.6. The van der Waals surface area contributed by atoms with Gasteiger partial charge in [0.1, 0.15) is 11.6 Å². The van der Waals surface area contributed by atoms with E-state index in [1.807, 2.05) is 31.2 Å². The van der Waals surface area contributed by atoms with Crippen LogP contribution < -0.4 is 15.4 Å². The van der Waals surface area contributed by atoms with Crippen LogP contribution in [0.3, 0.4) is 0 Å². The van der Waals surface area contributed by atoms with E-state index in [-0.39, 0.29) is 29.5 Å². The molecule has 1 aliphatic rings. The molecule has 2 aromatic rings. The first-order valence-corrected chi connectivity index (χ1v) is 9.65. The molecule has 5 nitrogen and oxygen atoms in total. The Bertz CT molecular complexity index is 815. The molecule has 3 rings (SSSR count). The van der Waals surface area contributed by atoms with Crippen molar-refractivity contribution in [3.63, 3.8) is 0 Å². The highest BCUT2D eigenvalue weighted by atomic mass is 19.1. The molecule has 0 radical (unpaired) electrons. The molecule has 0 saturated heterocycles. The Hall–Kier alpha value is -2.89. The van der Waals surface area contributed by atoms with Crippen LogP contribution in [0.1, 0.15) is 32.6 Å². The molecule has 148 valence electrons. The Kier molecular flexibility index (Phi) is 6.63. The second kappa shape index (κ2) is 9.35. The molecule has 0 heterocycles. The van der Waals surface area contributed by atoms with Crippen molar-refractivity contribution >= 4 is 23.2 Å². The molecule has 2 aromatic carbocycles. The first kappa shape index (κ1) is 19.9. The van der Waals surface area contributed by atoms with E-state index in [0.29, 0.717) is 38.0 Å². The maximum atomic E-state index is 13.2. The predicted molar refractivity (Wildman–Crippen MR) is 107 cm³/mol. The highest BCUT2D eigenvalue weighted by molar-refractivity contribution is 5.94. The van der Waals surface area contributed by atoms with Gasteiger partial charge in [0.15, 0.2) is 0 Å². The smallest absolute Gasteiger partial charge is 0.227 e. The Labute approximate surface area is 164 Å². The van der Waals surface area contributed by atoms with E-state index < -0.39 is 0 Å². The molecule has 0 aliphatic heterocycles. The number of anilines is 2. The molecule has 0 atom stereocenters.